The Hall–Kier alpha value is -3.22. The molecule has 32 heavy (non-hydrogen) atoms. The van der Waals surface area contributed by atoms with Crippen molar-refractivity contribution in [2.75, 3.05) is 31.1 Å². The monoisotopic (exact) mass is 435 g/mol. The molecule has 2 aromatic carbocycles. The van der Waals surface area contributed by atoms with Crippen molar-refractivity contribution in [1.82, 2.24) is 4.90 Å². The van der Waals surface area contributed by atoms with Gasteiger partial charge in [0, 0.05) is 49.3 Å². The summed E-state index contributed by atoms with van der Waals surface area (Å²) in [7, 11) is 0. The van der Waals surface area contributed by atoms with Crippen LogP contribution in [0.1, 0.15) is 53.3 Å². The first-order chi connectivity index (χ1) is 15.4. The molecule has 4 rings (SSSR count). The average molecular weight is 436 g/mol. The minimum Gasteiger partial charge on any atom is -0.366 e. The molecule has 168 valence electrons. The third-order valence-corrected chi connectivity index (χ3v) is 6.63. The van der Waals surface area contributed by atoms with E-state index in [2.05, 4.69) is 11.8 Å². The van der Waals surface area contributed by atoms with E-state index >= 15 is 0 Å². The van der Waals surface area contributed by atoms with E-state index in [0.29, 0.717) is 48.7 Å². The van der Waals surface area contributed by atoms with Crippen LogP contribution in [0.4, 0.5) is 11.4 Å². The van der Waals surface area contributed by atoms with E-state index in [1.54, 1.807) is 17.0 Å². The van der Waals surface area contributed by atoms with E-state index in [9.17, 15) is 19.7 Å². The summed E-state index contributed by atoms with van der Waals surface area (Å²) in [6.07, 6.45) is 3.34. The Balaban J connectivity index is 1.45. The van der Waals surface area contributed by atoms with Crippen LogP contribution in [0.3, 0.4) is 0 Å². The lowest BCUT2D eigenvalue weighted by molar-refractivity contribution is -0.384. The topological polar surface area (TPSA) is 83.8 Å². The minimum absolute atomic E-state index is 0.0147. The zero-order chi connectivity index (χ0) is 22.7. The van der Waals surface area contributed by atoms with Gasteiger partial charge in [0.15, 0.2) is 5.78 Å². The van der Waals surface area contributed by atoms with Crippen molar-refractivity contribution < 1.29 is 14.5 Å². The lowest BCUT2D eigenvalue weighted by Crippen LogP contribution is -2.40. The number of hydrogen-bond acceptors (Lipinski definition) is 5. The summed E-state index contributed by atoms with van der Waals surface area (Å²) in [5.41, 5.74) is 1.61. The van der Waals surface area contributed by atoms with Crippen LogP contribution in [0.25, 0.3) is 0 Å². The number of nitro groups is 1. The highest BCUT2D eigenvalue weighted by molar-refractivity contribution is 5.98. The highest BCUT2D eigenvalue weighted by atomic mass is 16.6. The van der Waals surface area contributed by atoms with Crippen molar-refractivity contribution >= 4 is 23.1 Å². The molecule has 1 atom stereocenters. The molecule has 2 fully saturated rings. The smallest absolute Gasteiger partial charge is 0.293 e. The van der Waals surface area contributed by atoms with E-state index in [4.69, 9.17) is 0 Å². The van der Waals surface area contributed by atoms with Gasteiger partial charge < -0.3 is 9.80 Å². The molecule has 2 aliphatic rings. The summed E-state index contributed by atoms with van der Waals surface area (Å²) in [4.78, 5) is 40.9. The molecule has 0 aromatic heterocycles. The van der Waals surface area contributed by atoms with E-state index in [1.807, 2.05) is 30.3 Å². The third-order valence-electron chi connectivity index (χ3n) is 6.63. The number of benzene rings is 2. The lowest BCUT2D eigenvalue weighted by atomic mass is 9.88. The predicted octanol–water partition coefficient (Wildman–Crippen LogP) is 4.57. The first-order valence-electron chi connectivity index (χ1n) is 11.4. The second kappa shape index (κ2) is 9.51. The number of nitrogens with zero attached hydrogens (tertiary/aromatic N) is 3. The summed E-state index contributed by atoms with van der Waals surface area (Å²) in [5.74, 6) is 0.300. The zero-order valence-corrected chi connectivity index (χ0v) is 18.4. The van der Waals surface area contributed by atoms with Gasteiger partial charge in [0.1, 0.15) is 5.69 Å². The van der Waals surface area contributed by atoms with Crippen molar-refractivity contribution in [2.45, 2.75) is 32.6 Å². The summed E-state index contributed by atoms with van der Waals surface area (Å²) in [6, 6.07) is 14.1. The second-order valence-corrected chi connectivity index (χ2v) is 8.95. The summed E-state index contributed by atoms with van der Waals surface area (Å²) in [5, 5.41) is 11.8. The molecule has 2 saturated heterocycles. The number of rotatable bonds is 5. The third kappa shape index (κ3) is 4.66. The number of ketones is 1. The molecule has 2 aromatic rings. The minimum atomic E-state index is -0.393. The van der Waals surface area contributed by atoms with Crippen molar-refractivity contribution in [3.63, 3.8) is 0 Å². The molecule has 1 amide bonds. The van der Waals surface area contributed by atoms with Gasteiger partial charge in [-0.05, 0) is 43.7 Å². The Bertz CT molecular complexity index is 1000. The number of likely N-dealkylation sites (tertiary alicyclic amines) is 1. The van der Waals surface area contributed by atoms with Gasteiger partial charge in [0.2, 0.25) is 0 Å². The number of Topliss-reactive ketones (excluding diaryl/α,β-unsaturated/α-hetero) is 1. The second-order valence-electron chi connectivity index (χ2n) is 8.95. The molecule has 0 radical (unpaired) electrons. The van der Waals surface area contributed by atoms with E-state index in [-0.39, 0.29) is 23.3 Å². The highest BCUT2D eigenvalue weighted by Crippen LogP contribution is 2.33. The van der Waals surface area contributed by atoms with Crippen LogP contribution in [0.2, 0.25) is 0 Å². The summed E-state index contributed by atoms with van der Waals surface area (Å²) in [6.45, 7) is 4.68. The standard InChI is InChI=1S/C25H29N3O4/c1-18-6-5-13-27(17-18)22-10-9-21(16-23(22)28(31)32)25(30)26-14-11-20(12-15-26)24(29)19-7-3-2-4-8-19/h2-4,7-10,16,18,20H,5-6,11-15,17H2,1H3. The van der Waals surface area contributed by atoms with Crippen LogP contribution in [0.15, 0.2) is 48.5 Å². The largest absolute Gasteiger partial charge is 0.366 e. The van der Waals surface area contributed by atoms with Gasteiger partial charge in [-0.15, -0.1) is 0 Å². The Kier molecular flexibility index (Phi) is 6.53. The fourth-order valence-corrected chi connectivity index (χ4v) is 4.84. The SMILES string of the molecule is CC1CCCN(c2ccc(C(=O)N3CCC(C(=O)c4ccccc4)CC3)cc2[N+](=O)[O-])C1. The van der Waals surface area contributed by atoms with Crippen LogP contribution in [0.5, 0.6) is 0 Å². The molecule has 0 spiro atoms. The van der Waals surface area contributed by atoms with Gasteiger partial charge in [0.25, 0.3) is 11.6 Å². The number of amides is 1. The fourth-order valence-electron chi connectivity index (χ4n) is 4.84. The Labute approximate surface area is 188 Å². The molecular weight excluding hydrogens is 406 g/mol. The highest BCUT2D eigenvalue weighted by Gasteiger charge is 2.30. The molecule has 1 unspecified atom stereocenters. The van der Waals surface area contributed by atoms with Crippen molar-refractivity contribution in [3.05, 3.63) is 69.8 Å². The summed E-state index contributed by atoms with van der Waals surface area (Å²) >= 11 is 0. The van der Waals surface area contributed by atoms with Gasteiger partial charge in [-0.1, -0.05) is 37.3 Å². The van der Waals surface area contributed by atoms with Crippen LogP contribution in [-0.2, 0) is 0 Å². The van der Waals surface area contributed by atoms with Crippen molar-refractivity contribution in [2.24, 2.45) is 11.8 Å². The molecule has 0 N–H and O–H groups in total. The zero-order valence-electron chi connectivity index (χ0n) is 18.4. The number of anilines is 1. The van der Waals surface area contributed by atoms with Crippen LogP contribution in [-0.4, -0.2) is 47.7 Å². The molecular formula is C25H29N3O4. The number of nitro benzene ring substituents is 1. The Morgan fingerprint density at radius 1 is 0.969 bits per heavy atom. The molecule has 0 saturated carbocycles. The van der Waals surface area contributed by atoms with Gasteiger partial charge >= 0.3 is 0 Å². The van der Waals surface area contributed by atoms with Crippen molar-refractivity contribution in [1.29, 1.82) is 0 Å². The van der Waals surface area contributed by atoms with Gasteiger partial charge in [0.05, 0.1) is 4.92 Å². The fraction of sp³-hybridized carbons (Fsp3) is 0.440. The Morgan fingerprint density at radius 3 is 2.34 bits per heavy atom. The Morgan fingerprint density at radius 2 is 1.69 bits per heavy atom. The first-order valence-corrected chi connectivity index (χ1v) is 11.4. The molecule has 7 heteroatoms. The molecule has 2 heterocycles. The number of carbonyl (C=O) groups is 2. The lowest BCUT2D eigenvalue weighted by Gasteiger charge is -2.33. The van der Waals surface area contributed by atoms with E-state index in [1.165, 1.54) is 6.07 Å². The number of hydrogen-bond donors (Lipinski definition) is 0. The van der Waals surface area contributed by atoms with E-state index < -0.39 is 4.92 Å². The maximum absolute atomic E-state index is 13.1. The van der Waals surface area contributed by atoms with E-state index in [0.717, 1.165) is 25.9 Å². The predicted molar refractivity (Wildman–Crippen MR) is 123 cm³/mol. The number of piperidine rings is 2. The molecule has 0 bridgehead atoms. The first kappa shape index (κ1) is 22.0. The van der Waals surface area contributed by atoms with Crippen LogP contribution >= 0.6 is 0 Å². The average Bonchev–Trinajstić information content (AvgIpc) is 2.83. The summed E-state index contributed by atoms with van der Waals surface area (Å²) < 4.78 is 0. The number of carbonyl (C=O) groups excluding carboxylic acids is 2. The quantitative estimate of drug-likeness (QED) is 0.390. The van der Waals surface area contributed by atoms with Gasteiger partial charge in [-0.2, -0.15) is 0 Å². The van der Waals surface area contributed by atoms with Gasteiger partial charge in [-0.25, -0.2) is 0 Å². The van der Waals surface area contributed by atoms with Crippen LogP contribution < -0.4 is 4.90 Å². The van der Waals surface area contributed by atoms with Crippen LogP contribution in [0, 0.1) is 22.0 Å². The van der Waals surface area contributed by atoms with Crippen molar-refractivity contribution in [3.8, 4) is 0 Å². The molecule has 0 aliphatic carbocycles. The normalized spacial score (nSPS) is 19.6. The molecule has 2 aliphatic heterocycles. The maximum atomic E-state index is 13.1. The van der Waals surface area contributed by atoms with Gasteiger partial charge in [-0.3, -0.25) is 19.7 Å². The maximum Gasteiger partial charge on any atom is 0.293 e. The molecule has 7 nitrogen and oxygen atoms in total.